The van der Waals surface area contributed by atoms with Gasteiger partial charge in [0.05, 0.1) is 19.1 Å². The maximum Gasteiger partial charge on any atom is 0.224 e. The molecule has 23 heavy (non-hydrogen) atoms. The Morgan fingerprint density at radius 2 is 1.74 bits per heavy atom. The van der Waals surface area contributed by atoms with Gasteiger partial charge < -0.3 is 15.7 Å². The molecule has 128 valence electrons. The van der Waals surface area contributed by atoms with Gasteiger partial charge in [0.1, 0.15) is 0 Å². The third kappa shape index (κ3) is 7.79. The lowest BCUT2D eigenvalue weighted by atomic mass is 9.92. The third-order valence-electron chi connectivity index (χ3n) is 3.37. The van der Waals surface area contributed by atoms with Gasteiger partial charge in [0.25, 0.3) is 0 Å². The molecule has 1 aromatic rings. The van der Waals surface area contributed by atoms with Crippen LogP contribution in [0.4, 0.5) is 5.69 Å². The number of amides is 2. The van der Waals surface area contributed by atoms with Crippen LogP contribution in [-0.2, 0) is 16.0 Å². The van der Waals surface area contributed by atoms with E-state index in [1.165, 1.54) is 0 Å². The van der Waals surface area contributed by atoms with Crippen molar-refractivity contribution in [2.45, 2.75) is 53.0 Å². The van der Waals surface area contributed by atoms with Crippen LogP contribution < -0.4 is 10.6 Å². The highest BCUT2D eigenvalue weighted by atomic mass is 16.3. The van der Waals surface area contributed by atoms with E-state index in [1.807, 2.05) is 39.8 Å². The zero-order valence-electron chi connectivity index (χ0n) is 14.5. The fourth-order valence-corrected chi connectivity index (χ4v) is 2.13. The molecule has 1 aromatic carbocycles. The van der Waals surface area contributed by atoms with Crippen molar-refractivity contribution in [2.24, 2.45) is 5.41 Å². The molecule has 0 aromatic heterocycles. The van der Waals surface area contributed by atoms with Crippen LogP contribution in [0.3, 0.4) is 0 Å². The minimum Gasteiger partial charge on any atom is -0.394 e. The second-order valence-corrected chi connectivity index (χ2v) is 7.01. The lowest BCUT2D eigenvalue weighted by Crippen LogP contribution is -2.37. The fraction of sp³-hybridized carbons (Fsp3) is 0.556. The Bertz CT molecular complexity index is 514. The number of nitrogens with one attached hydrogen (secondary N) is 2. The minimum atomic E-state index is -0.196. The van der Waals surface area contributed by atoms with Gasteiger partial charge in [-0.1, -0.05) is 39.8 Å². The highest BCUT2D eigenvalue weighted by molar-refractivity contribution is 5.91. The standard InChI is InChI=1S/C18H28N2O3/c1-5-14(12-21)19-16(22)10-13-6-8-15(9-7-13)20-17(23)11-18(2,3)4/h6-9,14,21H,5,10-12H2,1-4H3,(H,19,22)(H,20,23). The summed E-state index contributed by atoms with van der Waals surface area (Å²) in [6.07, 6.45) is 1.41. The minimum absolute atomic E-state index is 0.0169. The number of benzene rings is 1. The summed E-state index contributed by atoms with van der Waals surface area (Å²) in [5.74, 6) is -0.132. The number of carbonyl (C=O) groups excluding carboxylic acids is 2. The van der Waals surface area contributed by atoms with E-state index in [1.54, 1.807) is 12.1 Å². The number of hydrogen-bond acceptors (Lipinski definition) is 3. The summed E-state index contributed by atoms with van der Waals surface area (Å²) in [6.45, 7) is 7.91. The molecule has 2 amide bonds. The Hall–Kier alpha value is -1.88. The van der Waals surface area contributed by atoms with Crippen molar-refractivity contribution in [1.82, 2.24) is 5.32 Å². The quantitative estimate of drug-likeness (QED) is 0.722. The third-order valence-corrected chi connectivity index (χ3v) is 3.37. The molecule has 0 saturated heterocycles. The first kappa shape index (κ1) is 19.2. The van der Waals surface area contributed by atoms with E-state index in [0.29, 0.717) is 12.8 Å². The maximum atomic E-state index is 11.9. The number of aliphatic hydroxyl groups excluding tert-OH is 1. The predicted octanol–water partition coefficient (Wildman–Crippen LogP) is 2.49. The molecule has 1 rings (SSSR count). The van der Waals surface area contributed by atoms with Crippen molar-refractivity contribution in [1.29, 1.82) is 0 Å². The van der Waals surface area contributed by atoms with Gasteiger partial charge in [-0.05, 0) is 29.5 Å². The second-order valence-electron chi connectivity index (χ2n) is 7.01. The van der Waals surface area contributed by atoms with Crippen LogP contribution in [0.15, 0.2) is 24.3 Å². The Morgan fingerprint density at radius 3 is 2.22 bits per heavy atom. The molecule has 0 fully saturated rings. The lowest BCUT2D eigenvalue weighted by Gasteiger charge is -2.17. The van der Waals surface area contributed by atoms with Crippen LogP contribution in [0.1, 0.15) is 46.1 Å². The first-order chi connectivity index (χ1) is 10.7. The Morgan fingerprint density at radius 1 is 1.13 bits per heavy atom. The topological polar surface area (TPSA) is 78.4 Å². The van der Waals surface area contributed by atoms with Gasteiger partial charge in [-0.15, -0.1) is 0 Å². The molecule has 1 unspecified atom stereocenters. The van der Waals surface area contributed by atoms with Crippen molar-refractivity contribution in [2.75, 3.05) is 11.9 Å². The smallest absolute Gasteiger partial charge is 0.224 e. The molecule has 5 nitrogen and oxygen atoms in total. The van der Waals surface area contributed by atoms with E-state index in [-0.39, 0.29) is 36.3 Å². The average Bonchev–Trinajstić information content (AvgIpc) is 2.44. The number of anilines is 1. The zero-order valence-corrected chi connectivity index (χ0v) is 14.5. The molecular weight excluding hydrogens is 292 g/mol. The molecule has 0 radical (unpaired) electrons. The molecule has 0 bridgehead atoms. The normalized spacial score (nSPS) is 12.6. The molecule has 0 aliphatic heterocycles. The number of aliphatic hydroxyl groups is 1. The molecule has 0 heterocycles. The van der Waals surface area contributed by atoms with Crippen molar-refractivity contribution < 1.29 is 14.7 Å². The van der Waals surface area contributed by atoms with E-state index in [9.17, 15) is 9.59 Å². The Labute approximate surface area is 138 Å². The SMILES string of the molecule is CCC(CO)NC(=O)Cc1ccc(NC(=O)CC(C)(C)C)cc1. The summed E-state index contributed by atoms with van der Waals surface area (Å²) < 4.78 is 0. The number of carbonyl (C=O) groups is 2. The average molecular weight is 320 g/mol. The van der Waals surface area contributed by atoms with Crippen molar-refractivity contribution in [3.63, 3.8) is 0 Å². The summed E-state index contributed by atoms with van der Waals surface area (Å²) in [5, 5.41) is 14.7. The van der Waals surface area contributed by atoms with E-state index in [2.05, 4.69) is 10.6 Å². The molecule has 0 aliphatic rings. The van der Waals surface area contributed by atoms with Gasteiger partial charge in [-0.2, -0.15) is 0 Å². The van der Waals surface area contributed by atoms with Crippen molar-refractivity contribution in [3.05, 3.63) is 29.8 Å². The van der Waals surface area contributed by atoms with Crippen molar-refractivity contribution >= 4 is 17.5 Å². The number of rotatable bonds is 7. The van der Waals surface area contributed by atoms with Crippen LogP contribution in [0, 0.1) is 5.41 Å². The van der Waals surface area contributed by atoms with Crippen molar-refractivity contribution in [3.8, 4) is 0 Å². The highest BCUT2D eigenvalue weighted by Gasteiger charge is 2.16. The van der Waals surface area contributed by atoms with Crippen LogP contribution in [0.25, 0.3) is 0 Å². The second kappa shape index (κ2) is 8.67. The summed E-state index contributed by atoms with van der Waals surface area (Å²) in [6, 6.07) is 7.05. The van der Waals surface area contributed by atoms with Gasteiger partial charge in [-0.3, -0.25) is 9.59 Å². The summed E-state index contributed by atoms with van der Waals surface area (Å²) in [7, 11) is 0. The van der Waals surface area contributed by atoms with Crippen LogP contribution in [-0.4, -0.2) is 29.6 Å². The Kier molecular flexibility index (Phi) is 7.23. The van der Waals surface area contributed by atoms with Gasteiger partial charge in [0, 0.05) is 12.1 Å². The zero-order chi connectivity index (χ0) is 17.5. The fourth-order valence-electron chi connectivity index (χ4n) is 2.13. The van der Waals surface area contributed by atoms with Crippen LogP contribution in [0.2, 0.25) is 0 Å². The lowest BCUT2D eigenvalue weighted by molar-refractivity contribution is -0.121. The van der Waals surface area contributed by atoms with E-state index >= 15 is 0 Å². The largest absolute Gasteiger partial charge is 0.394 e. The predicted molar refractivity (Wildman–Crippen MR) is 92.2 cm³/mol. The molecule has 0 saturated carbocycles. The first-order valence-corrected chi connectivity index (χ1v) is 8.02. The molecule has 0 aliphatic carbocycles. The summed E-state index contributed by atoms with van der Waals surface area (Å²) >= 11 is 0. The number of hydrogen-bond donors (Lipinski definition) is 3. The van der Waals surface area contributed by atoms with E-state index < -0.39 is 0 Å². The van der Waals surface area contributed by atoms with Gasteiger partial charge in [0.2, 0.25) is 11.8 Å². The monoisotopic (exact) mass is 320 g/mol. The van der Waals surface area contributed by atoms with Gasteiger partial charge in [-0.25, -0.2) is 0 Å². The molecule has 3 N–H and O–H groups in total. The molecular formula is C18H28N2O3. The van der Waals surface area contributed by atoms with Crippen LogP contribution >= 0.6 is 0 Å². The van der Waals surface area contributed by atoms with E-state index in [0.717, 1.165) is 11.3 Å². The summed E-state index contributed by atoms with van der Waals surface area (Å²) in [5.41, 5.74) is 1.54. The molecule has 0 spiro atoms. The summed E-state index contributed by atoms with van der Waals surface area (Å²) in [4.78, 5) is 23.7. The maximum absolute atomic E-state index is 11.9. The Balaban J connectivity index is 2.53. The van der Waals surface area contributed by atoms with E-state index in [4.69, 9.17) is 5.11 Å². The van der Waals surface area contributed by atoms with Crippen LogP contribution in [0.5, 0.6) is 0 Å². The van der Waals surface area contributed by atoms with Gasteiger partial charge >= 0.3 is 0 Å². The molecule has 1 atom stereocenters. The van der Waals surface area contributed by atoms with Gasteiger partial charge in [0.15, 0.2) is 0 Å². The molecule has 5 heteroatoms. The highest BCUT2D eigenvalue weighted by Crippen LogP contribution is 2.19. The first-order valence-electron chi connectivity index (χ1n) is 8.02.